The highest BCUT2D eigenvalue weighted by Gasteiger charge is 2.25. The van der Waals surface area contributed by atoms with Gasteiger partial charge in [0.15, 0.2) is 0 Å². The van der Waals surface area contributed by atoms with Crippen LogP contribution < -0.4 is 5.32 Å². The third-order valence-electron chi connectivity index (χ3n) is 4.80. The molecule has 1 aliphatic rings. The molecular weight excluding hydrogens is 274 g/mol. The number of carboxylic acid groups (broad SMARTS) is 1. The van der Waals surface area contributed by atoms with Gasteiger partial charge in [-0.3, -0.25) is 4.79 Å². The van der Waals surface area contributed by atoms with E-state index in [0.717, 1.165) is 45.1 Å². The summed E-state index contributed by atoms with van der Waals surface area (Å²) in [5.41, 5.74) is 2.80. The maximum Gasteiger partial charge on any atom is 0.306 e. The predicted molar refractivity (Wildman–Crippen MR) is 90.2 cm³/mol. The van der Waals surface area contributed by atoms with E-state index >= 15 is 0 Å². The summed E-state index contributed by atoms with van der Waals surface area (Å²) in [5.74, 6) is -0.141. The van der Waals surface area contributed by atoms with Crippen molar-refractivity contribution >= 4 is 5.97 Å². The first kappa shape index (κ1) is 17.0. The van der Waals surface area contributed by atoms with Gasteiger partial charge in [-0.15, -0.1) is 0 Å². The van der Waals surface area contributed by atoms with Gasteiger partial charge in [-0.1, -0.05) is 38.1 Å². The van der Waals surface area contributed by atoms with E-state index in [2.05, 4.69) is 43.4 Å². The van der Waals surface area contributed by atoms with Crippen LogP contribution in [0.1, 0.15) is 63.0 Å². The third kappa shape index (κ3) is 5.13. The molecular formula is C19H29NO2. The fourth-order valence-corrected chi connectivity index (χ4v) is 3.21. The molecule has 0 radical (unpaired) electrons. The Labute approximate surface area is 134 Å². The van der Waals surface area contributed by atoms with Crippen molar-refractivity contribution < 1.29 is 9.90 Å². The van der Waals surface area contributed by atoms with Crippen molar-refractivity contribution in [2.24, 2.45) is 5.92 Å². The number of hydrogen-bond acceptors (Lipinski definition) is 2. The van der Waals surface area contributed by atoms with E-state index in [1.54, 1.807) is 0 Å². The highest BCUT2D eigenvalue weighted by atomic mass is 16.4. The smallest absolute Gasteiger partial charge is 0.306 e. The molecule has 3 nitrogen and oxygen atoms in total. The van der Waals surface area contributed by atoms with Crippen LogP contribution in [-0.4, -0.2) is 23.7 Å². The number of benzene rings is 1. The largest absolute Gasteiger partial charge is 0.481 e. The minimum Gasteiger partial charge on any atom is -0.481 e. The first-order chi connectivity index (χ1) is 10.6. The van der Waals surface area contributed by atoms with Crippen molar-refractivity contribution in [3.05, 3.63) is 35.4 Å². The first-order valence-corrected chi connectivity index (χ1v) is 8.61. The molecule has 22 heavy (non-hydrogen) atoms. The van der Waals surface area contributed by atoms with Crippen LogP contribution in [0.2, 0.25) is 0 Å². The van der Waals surface area contributed by atoms with E-state index in [1.165, 1.54) is 11.1 Å². The molecule has 0 spiro atoms. The average Bonchev–Trinajstić information content (AvgIpc) is 2.52. The SMILES string of the molecule is CC(C)c1ccc(CCCNC2CCC(C(=O)O)CC2)cc1. The first-order valence-electron chi connectivity index (χ1n) is 8.61. The maximum absolute atomic E-state index is 10.9. The zero-order chi connectivity index (χ0) is 15.9. The molecule has 0 unspecified atom stereocenters. The van der Waals surface area contributed by atoms with Crippen molar-refractivity contribution in [3.63, 3.8) is 0 Å². The fraction of sp³-hybridized carbons (Fsp3) is 0.632. The second-order valence-corrected chi connectivity index (χ2v) is 6.84. The molecule has 1 fully saturated rings. The maximum atomic E-state index is 10.9. The van der Waals surface area contributed by atoms with Crippen molar-refractivity contribution in [3.8, 4) is 0 Å². The minimum absolute atomic E-state index is 0.113. The van der Waals surface area contributed by atoms with Gasteiger partial charge in [-0.2, -0.15) is 0 Å². The predicted octanol–water partition coefficient (Wildman–Crippen LogP) is 3.98. The van der Waals surface area contributed by atoms with Crippen molar-refractivity contribution in [2.45, 2.75) is 64.3 Å². The molecule has 2 rings (SSSR count). The highest BCUT2D eigenvalue weighted by Crippen LogP contribution is 2.24. The lowest BCUT2D eigenvalue weighted by Gasteiger charge is -2.26. The molecule has 0 bridgehead atoms. The van der Waals surface area contributed by atoms with Crippen LogP contribution in [0.4, 0.5) is 0 Å². The lowest BCUT2D eigenvalue weighted by molar-refractivity contribution is -0.142. The lowest BCUT2D eigenvalue weighted by atomic mass is 9.86. The third-order valence-corrected chi connectivity index (χ3v) is 4.80. The van der Waals surface area contributed by atoms with Gasteiger partial charge in [0.05, 0.1) is 5.92 Å². The van der Waals surface area contributed by atoms with Crippen molar-refractivity contribution in [2.75, 3.05) is 6.54 Å². The molecule has 1 saturated carbocycles. The number of carbonyl (C=O) groups is 1. The van der Waals surface area contributed by atoms with Gasteiger partial charge in [0, 0.05) is 6.04 Å². The zero-order valence-corrected chi connectivity index (χ0v) is 13.8. The molecule has 1 aromatic rings. The number of aryl methyl sites for hydroxylation is 1. The van der Waals surface area contributed by atoms with Gasteiger partial charge in [0.1, 0.15) is 0 Å². The zero-order valence-electron chi connectivity index (χ0n) is 13.8. The van der Waals surface area contributed by atoms with Crippen LogP contribution in [0, 0.1) is 5.92 Å². The number of carboxylic acids is 1. The number of hydrogen-bond donors (Lipinski definition) is 2. The summed E-state index contributed by atoms with van der Waals surface area (Å²) in [4.78, 5) is 10.9. The summed E-state index contributed by atoms with van der Waals surface area (Å²) in [5, 5.41) is 12.6. The fourth-order valence-electron chi connectivity index (χ4n) is 3.21. The second kappa shape index (κ2) is 8.33. The van der Waals surface area contributed by atoms with E-state index in [4.69, 9.17) is 5.11 Å². The van der Waals surface area contributed by atoms with Gasteiger partial charge in [-0.05, 0) is 62.1 Å². The van der Waals surface area contributed by atoms with Gasteiger partial charge in [-0.25, -0.2) is 0 Å². The highest BCUT2D eigenvalue weighted by molar-refractivity contribution is 5.70. The molecule has 0 aliphatic heterocycles. The standard InChI is InChI=1S/C19H29NO2/c1-14(2)16-7-5-15(6-8-16)4-3-13-20-18-11-9-17(10-12-18)19(21)22/h5-8,14,17-18,20H,3-4,9-13H2,1-2H3,(H,21,22). The van der Waals surface area contributed by atoms with Crippen LogP contribution in [-0.2, 0) is 11.2 Å². The monoisotopic (exact) mass is 303 g/mol. The van der Waals surface area contributed by atoms with Gasteiger partial charge in [0.25, 0.3) is 0 Å². The number of rotatable bonds is 7. The quantitative estimate of drug-likeness (QED) is 0.749. The van der Waals surface area contributed by atoms with E-state index in [0.29, 0.717) is 12.0 Å². The Morgan fingerprint density at radius 1 is 1.18 bits per heavy atom. The van der Waals surface area contributed by atoms with Crippen LogP contribution in [0.5, 0.6) is 0 Å². The van der Waals surface area contributed by atoms with Gasteiger partial charge < -0.3 is 10.4 Å². The summed E-state index contributed by atoms with van der Waals surface area (Å²) in [6.07, 6.45) is 5.89. The van der Waals surface area contributed by atoms with Gasteiger partial charge >= 0.3 is 5.97 Å². The molecule has 0 saturated heterocycles. The van der Waals surface area contributed by atoms with Gasteiger partial charge in [0.2, 0.25) is 0 Å². The van der Waals surface area contributed by atoms with Crippen molar-refractivity contribution in [1.29, 1.82) is 0 Å². The Balaban J connectivity index is 1.62. The second-order valence-electron chi connectivity index (χ2n) is 6.84. The molecule has 3 heteroatoms. The molecule has 0 aromatic heterocycles. The molecule has 1 aliphatic carbocycles. The number of aliphatic carboxylic acids is 1. The Bertz CT molecular complexity index is 459. The Kier molecular flexibility index (Phi) is 6.44. The van der Waals surface area contributed by atoms with Crippen LogP contribution in [0.15, 0.2) is 24.3 Å². The Morgan fingerprint density at radius 2 is 1.82 bits per heavy atom. The minimum atomic E-state index is -0.622. The van der Waals surface area contributed by atoms with E-state index in [-0.39, 0.29) is 5.92 Å². The Hall–Kier alpha value is -1.35. The number of nitrogens with one attached hydrogen (secondary N) is 1. The average molecular weight is 303 g/mol. The molecule has 2 N–H and O–H groups in total. The summed E-state index contributed by atoms with van der Waals surface area (Å²) in [6.45, 7) is 5.46. The molecule has 122 valence electrons. The van der Waals surface area contributed by atoms with E-state index in [9.17, 15) is 4.79 Å². The molecule has 0 heterocycles. The van der Waals surface area contributed by atoms with Crippen molar-refractivity contribution in [1.82, 2.24) is 5.32 Å². The normalized spacial score (nSPS) is 22.0. The molecule has 1 aromatic carbocycles. The van der Waals surface area contributed by atoms with Crippen LogP contribution >= 0.6 is 0 Å². The van der Waals surface area contributed by atoms with E-state index in [1.807, 2.05) is 0 Å². The Morgan fingerprint density at radius 3 is 2.36 bits per heavy atom. The molecule has 0 amide bonds. The van der Waals surface area contributed by atoms with E-state index < -0.39 is 5.97 Å². The summed E-state index contributed by atoms with van der Waals surface area (Å²) < 4.78 is 0. The summed E-state index contributed by atoms with van der Waals surface area (Å²) >= 11 is 0. The molecule has 0 atom stereocenters. The van der Waals surface area contributed by atoms with Crippen LogP contribution in [0.3, 0.4) is 0 Å². The summed E-state index contributed by atoms with van der Waals surface area (Å²) in [7, 11) is 0. The summed E-state index contributed by atoms with van der Waals surface area (Å²) in [6, 6.07) is 9.47. The van der Waals surface area contributed by atoms with Crippen LogP contribution in [0.25, 0.3) is 0 Å². The topological polar surface area (TPSA) is 49.3 Å². The lowest BCUT2D eigenvalue weighted by Crippen LogP contribution is -2.35.